The van der Waals surface area contributed by atoms with E-state index >= 15 is 0 Å². The zero-order chi connectivity index (χ0) is 19.9. The van der Waals surface area contributed by atoms with Crippen LogP contribution in [0, 0.1) is 0 Å². The molecular weight excluding hydrogens is 435 g/mol. The molecule has 2 aromatic carbocycles. The van der Waals surface area contributed by atoms with Gasteiger partial charge in [0.1, 0.15) is 6.04 Å². The van der Waals surface area contributed by atoms with E-state index in [0.717, 1.165) is 27.9 Å². The van der Waals surface area contributed by atoms with Crippen LogP contribution in [0.2, 0.25) is 0 Å². The molecule has 3 aromatic rings. The summed E-state index contributed by atoms with van der Waals surface area (Å²) in [5.74, 6) is -0.176. The average Bonchev–Trinajstić information content (AvgIpc) is 3.11. The summed E-state index contributed by atoms with van der Waals surface area (Å²) in [6, 6.07) is 11.9. The van der Waals surface area contributed by atoms with E-state index in [-0.39, 0.29) is 12.5 Å². The third-order valence-electron chi connectivity index (χ3n) is 4.74. The summed E-state index contributed by atoms with van der Waals surface area (Å²) in [5, 5.41) is 0. The number of alkyl halides is 3. The number of fused-ring (bicyclic) bond motifs is 1. The summed E-state index contributed by atoms with van der Waals surface area (Å²) >= 11 is 3.38. The maximum atomic E-state index is 13.2. The van der Waals surface area contributed by atoms with Gasteiger partial charge in [0.05, 0.1) is 24.1 Å². The molecule has 0 spiro atoms. The Morgan fingerprint density at radius 1 is 1.14 bits per heavy atom. The normalized spacial score (nSPS) is 16.9. The number of rotatable bonds is 3. The zero-order valence-corrected chi connectivity index (χ0v) is 16.1. The predicted molar refractivity (Wildman–Crippen MR) is 100 cm³/mol. The number of carbonyl (C=O) groups excluding carboxylic acids is 1. The lowest BCUT2D eigenvalue weighted by atomic mass is 10.0. The first-order valence-electron chi connectivity index (χ1n) is 8.54. The molecule has 0 saturated carbocycles. The summed E-state index contributed by atoms with van der Waals surface area (Å²) in [7, 11) is 0. The molecule has 0 N–H and O–H groups in total. The fraction of sp³-hybridized carbons (Fsp3) is 0.200. The Morgan fingerprint density at radius 2 is 1.89 bits per heavy atom. The molecule has 0 fully saturated rings. The quantitative estimate of drug-likeness (QED) is 0.576. The first kappa shape index (κ1) is 18.7. The number of hydrogen-bond donors (Lipinski definition) is 0. The summed E-state index contributed by atoms with van der Waals surface area (Å²) in [5.41, 5.74) is 1.34. The van der Waals surface area contributed by atoms with Crippen LogP contribution in [0.4, 0.5) is 13.2 Å². The van der Waals surface area contributed by atoms with Gasteiger partial charge in [0.2, 0.25) is 0 Å². The smallest absolute Gasteiger partial charge is 0.330 e. The molecule has 0 aliphatic carbocycles. The maximum absolute atomic E-state index is 13.2. The van der Waals surface area contributed by atoms with Gasteiger partial charge >= 0.3 is 6.18 Å². The lowest BCUT2D eigenvalue weighted by Crippen LogP contribution is -2.42. The molecule has 28 heavy (non-hydrogen) atoms. The zero-order valence-electron chi connectivity index (χ0n) is 14.5. The van der Waals surface area contributed by atoms with Crippen molar-refractivity contribution in [2.24, 2.45) is 0 Å². The highest BCUT2D eigenvalue weighted by Crippen LogP contribution is 2.32. The van der Waals surface area contributed by atoms with Gasteiger partial charge in [-0.3, -0.25) is 4.79 Å². The lowest BCUT2D eigenvalue weighted by Gasteiger charge is -2.34. The van der Waals surface area contributed by atoms with Crippen molar-refractivity contribution in [2.45, 2.75) is 25.3 Å². The highest BCUT2D eigenvalue weighted by molar-refractivity contribution is 9.10. The molecule has 1 aromatic heterocycles. The summed E-state index contributed by atoms with van der Waals surface area (Å²) < 4.78 is 41.7. The minimum absolute atomic E-state index is 0.0982. The summed E-state index contributed by atoms with van der Waals surface area (Å²) in [6.07, 6.45) is -1.13. The summed E-state index contributed by atoms with van der Waals surface area (Å²) in [4.78, 5) is 18.9. The van der Waals surface area contributed by atoms with Crippen molar-refractivity contribution in [1.29, 1.82) is 0 Å². The Bertz CT molecular complexity index is 1010. The monoisotopic (exact) mass is 449 g/mol. The predicted octanol–water partition coefficient (Wildman–Crippen LogP) is 4.80. The van der Waals surface area contributed by atoms with Crippen LogP contribution >= 0.6 is 15.9 Å². The molecule has 0 saturated heterocycles. The van der Waals surface area contributed by atoms with Gasteiger partial charge in [-0.25, -0.2) is 4.98 Å². The van der Waals surface area contributed by atoms with Crippen LogP contribution in [0.5, 0.6) is 0 Å². The molecule has 1 aliphatic rings. The number of hydrogen-bond acceptors (Lipinski definition) is 2. The second kappa shape index (κ2) is 7.09. The van der Waals surface area contributed by atoms with E-state index < -0.39 is 17.8 Å². The highest BCUT2D eigenvalue weighted by Gasteiger charge is 2.35. The van der Waals surface area contributed by atoms with Gasteiger partial charge in [0.15, 0.2) is 0 Å². The Morgan fingerprint density at radius 3 is 2.61 bits per heavy atom. The van der Waals surface area contributed by atoms with Crippen molar-refractivity contribution < 1.29 is 18.0 Å². The molecule has 8 heteroatoms. The summed E-state index contributed by atoms with van der Waals surface area (Å²) in [6.45, 7) is 0.392. The third-order valence-corrected chi connectivity index (χ3v) is 5.27. The molecule has 1 amide bonds. The number of benzene rings is 2. The van der Waals surface area contributed by atoms with E-state index in [1.165, 1.54) is 6.07 Å². The van der Waals surface area contributed by atoms with Gasteiger partial charge in [-0.1, -0.05) is 40.2 Å². The molecular formula is C20H15BrF3N3O. The molecule has 1 unspecified atom stereocenters. The van der Waals surface area contributed by atoms with E-state index in [1.807, 2.05) is 28.8 Å². The molecule has 1 aliphatic heterocycles. The Kier molecular flexibility index (Phi) is 4.74. The number of aromatic nitrogens is 2. The fourth-order valence-corrected chi connectivity index (χ4v) is 3.67. The van der Waals surface area contributed by atoms with Crippen LogP contribution in [-0.2, 0) is 24.1 Å². The van der Waals surface area contributed by atoms with Gasteiger partial charge in [-0.15, -0.1) is 0 Å². The molecule has 0 radical (unpaired) electrons. The first-order chi connectivity index (χ1) is 13.3. The van der Waals surface area contributed by atoms with E-state index in [2.05, 4.69) is 20.9 Å². The average molecular weight is 450 g/mol. The molecule has 0 bridgehead atoms. The van der Waals surface area contributed by atoms with Crippen LogP contribution in [0.15, 0.2) is 65.5 Å². The van der Waals surface area contributed by atoms with E-state index in [1.54, 1.807) is 23.5 Å². The third kappa shape index (κ3) is 3.56. The first-order valence-corrected chi connectivity index (χ1v) is 9.33. The van der Waals surface area contributed by atoms with Crippen LogP contribution in [0.3, 0.4) is 0 Å². The number of carbonyl (C=O) groups is 1. The SMILES string of the molecule is O=C1C(c2ccc(Br)cc2)n2cncc2CN1Cc1cccc(C(F)(F)F)c1. The van der Waals surface area contributed by atoms with Gasteiger partial charge < -0.3 is 9.47 Å². The van der Waals surface area contributed by atoms with Crippen molar-refractivity contribution in [1.82, 2.24) is 14.5 Å². The molecule has 4 rings (SSSR count). The van der Waals surface area contributed by atoms with Gasteiger partial charge in [-0.05, 0) is 35.4 Å². The molecule has 2 heterocycles. The highest BCUT2D eigenvalue weighted by atomic mass is 79.9. The maximum Gasteiger partial charge on any atom is 0.416 e. The largest absolute Gasteiger partial charge is 0.416 e. The molecule has 4 nitrogen and oxygen atoms in total. The second-order valence-corrected chi connectivity index (χ2v) is 7.55. The fourth-order valence-electron chi connectivity index (χ4n) is 3.40. The minimum atomic E-state index is -4.42. The van der Waals surface area contributed by atoms with Crippen molar-refractivity contribution in [3.05, 3.63) is 87.9 Å². The number of halogens is 4. The van der Waals surface area contributed by atoms with Crippen LogP contribution in [0.25, 0.3) is 0 Å². The van der Waals surface area contributed by atoms with Gasteiger partial charge in [-0.2, -0.15) is 13.2 Å². The topological polar surface area (TPSA) is 38.1 Å². The van der Waals surface area contributed by atoms with Crippen molar-refractivity contribution in [2.75, 3.05) is 0 Å². The van der Waals surface area contributed by atoms with Crippen molar-refractivity contribution in [3.8, 4) is 0 Å². The number of nitrogens with zero attached hydrogens (tertiary/aromatic N) is 3. The second-order valence-electron chi connectivity index (χ2n) is 6.64. The van der Waals surface area contributed by atoms with Crippen LogP contribution in [0.1, 0.15) is 28.4 Å². The molecule has 144 valence electrons. The Labute approximate surface area is 167 Å². The van der Waals surface area contributed by atoms with Crippen LogP contribution in [-0.4, -0.2) is 20.4 Å². The lowest BCUT2D eigenvalue weighted by molar-refractivity contribution is -0.137. The molecule has 1 atom stereocenters. The Balaban J connectivity index is 1.66. The van der Waals surface area contributed by atoms with E-state index in [4.69, 9.17) is 0 Å². The van der Waals surface area contributed by atoms with Crippen LogP contribution < -0.4 is 0 Å². The van der Waals surface area contributed by atoms with E-state index in [9.17, 15) is 18.0 Å². The van der Waals surface area contributed by atoms with E-state index in [0.29, 0.717) is 12.1 Å². The van der Waals surface area contributed by atoms with Gasteiger partial charge in [0.25, 0.3) is 5.91 Å². The Hall–Kier alpha value is -2.61. The number of imidazole rings is 1. The van der Waals surface area contributed by atoms with Crippen molar-refractivity contribution in [3.63, 3.8) is 0 Å². The van der Waals surface area contributed by atoms with Gasteiger partial charge in [0, 0.05) is 17.2 Å². The minimum Gasteiger partial charge on any atom is -0.330 e. The number of amides is 1. The van der Waals surface area contributed by atoms with Crippen molar-refractivity contribution >= 4 is 21.8 Å². The standard InChI is InChI=1S/C20H15BrF3N3O/c21-16-6-4-14(5-7-16)18-19(28)26(11-17-9-25-12-27(17)18)10-13-2-1-3-15(8-13)20(22,23)24/h1-9,12,18H,10-11H2.